The monoisotopic (exact) mass is 310 g/mol. The Morgan fingerprint density at radius 2 is 2.17 bits per heavy atom. The van der Waals surface area contributed by atoms with Gasteiger partial charge in [0.1, 0.15) is 17.9 Å². The van der Waals surface area contributed by atoms with E-state index < -0.39 is 5.41 Å². The van der Waals surface area contributed by atoms with Gasteiger partial charge in [-0.25, -0.2) is 4.79 Å². The molecule has 0 N–H and O–H groups in total. The van der Waals surface area contributed by atoms with Gasteiger partial charge in [0.05, 0.1) is 16.4 Å². The fourth-order valence-corrected chi connectivity index (χ4v) is 3.31. The highest BCUT2D eigenvalue weighted by molar-refractivity contribution is 5.88. The molecule has 1 aliphatic heterocycles. The third-order valence-electron chi connectivity index (χ3n) is 4.60. The molecule has 3 nitrogen and oxygen atoms in total. The molecular formula is C20H22O3. The topological polar surface area (TPSA) is 39.4 Å². The Labute approximate surface area is 136 Å². The Balaban J connectivity index is 2.18. The van der Waals surface area contributed by atoms with E-state index in [1.165, 1.54) is 5.57 Å². The molecule has 23 heavy (non-hydrogen) atoms. The molecular weight excluding hydrogens is 288 g/mol. The molecule has 1 atom stereocenters. The third-order valence-corrected chi connectivity index (χ3v) is 4.60. The summed E-state index contributed by atoms with van der Waals surface area (Å²) in [5.41, 5.74) is 2.73. The molecule has 3 heteroatoms. The van der Waals surface area contributed by atoms with Crippen LogP contribution in [0.5, 0.6) is 5.75 Å². The second-order valence-electron chi connectivity index (χ2n) is 6.51. The Morgan fingerprint density at radius 3 is 2.87 bits per heavy atom. The zero-order chi connectivity index (χ0) is 16.6. The minimum absolute atomic E-state index is 0.312. The zero-order valence-electron chi connectivity index (χ0n) is 13.9. The number of aryl methyl sites for hydroxylation is 1. The summed E-state index contributed by atoms with van der Waals surface area (Å²) in [7, 11) is 0. The van der Waals surface area contributed by atoms with Crippen LogP contribution in [0.1, 0.15) is 37.8 Å². The molecule has 0 saturated heterocycles. The average Bonchev–Trinajstić information content (AvgIpc) is 2.88. The highest BCUT2D eigenvalue weighted by atomic mass is 16.5. The molecule has 1 aromatic heterocycles. The second-order valence-corrected chi connectivity index (χ2v) is 6.51. The van der Waals surface area contributed by atoms with Crippen LogP contribution in [-0.4, -0.2) is 6.61 Å². The fraction of sp³-hybridized carbons (Fsp3) is 0.350. The van der Waals surface area contributed by atoms with Crippen molar-refractivity contribution in [3.63, 3.8) is 0 Å². The molecule has 1 aromatic carbocycles. The standard InChI is InChI=1S/C20H22O3/c1-5-20(11-7-8-13(2)3)12-22-18-16-14(4)9-6-10-15(16)23-19(21)17(18)20/h5-6,8-10H,1,7,11-12H2,2-4H3. The van der Waals surface area contributed by atoms with Gasteiger partial charge in [-0.1, -0.05) is 29.9 Å². The number of benzene rings is 1. The van der Waals surface area contributed by atoms with Gasteiger partial charge in [0.2, 0.25) is 0 Å². The highest BCUT2D eigenvalue weighted by Crippen LogP contribution is 2.45. The summed E-state index contributed by atoms with van der Waals surface area (Å²) in [4.78, 5) is 12.6. The van der Waals surface area contributed by atoms with Crippen LogP contribution >= 0.6 is 0 Å². The van der Waals surface area contributed by atoms with Crippen molar-refractivity contribution in [2.45, 2.75) is 39.0 Å². The predicted octanol–water partition coefficient (Wildman–Crippen LogP) is 4.66. The van der Waals surface area contributed by atoms with E-state index in [0.29, 0.717) is 23.5 Å². The fourth-order valence-electron chi connectivity index (χ4n) is 3.31. The Morgan fingerprint density at radius 1 is 1.39 bits per heavy atom. The van der Waals surface area contributed by atoms with Crippen LogP contribution in [0, 0.1) is 6.92 Å². The molecule has 0 amide bonds. The molecule has 0 saturated carbocycles. The van der Waals surface area contributed by atoms with E-state index in [9.17, 15) is 4.79 Å². The minimum atomic E-state index is -0.474. The number of rotatable bonds is 4. The first kappa shape index (κ1) is 15.6. The Hall–Kier alpha value is -2.29. The average molecular weight is 310 g/mol. The summed E-state index contributed by atoms with van der Waals surface area (Å²) in [5, 5.41) is 0.896. The summed E-state index contributed by atoms with van der Waals surface area (Å²) < 4.78 is 11.6. The molecule has 0 radical (unpaired) electrons. The predicted molar refractivity (Wildman–Crippen MR) is 93.3 cm³/mol. The van der Waals surface area contributed by atoms with E-state index in [4.69, 9.17) is 9.15 Å². The van der Waals surface area contributed by atoms with E-state index in [2.05, 4.69) is 26.5 Å². The maximum atomic E-state index is 12.6. The Kier molecular flexibility index (Phi) is 3.88. The summed E-state index contributed by atoms with van der Waals surface area (Å²) >= 11 is 0. The maximum absolute atomic E-state index is 12.6. The molecule has 2 aromatic rings. The highest BCUT2D eigenvalue weighted by Gasteiger charge is 2.42. The maximum Gasteiger partial charge on any atom is 0.344 e. The van der Waals surface area contributed by atoms with E-state index in [0.717, 1.165) is 23.8 Å². The van der Waals surface area contributed by atoms with Crippen LogP contribution in [0.3, 0.4) is 0 Å². The molecule has 2 heterocycles. The van der Waals surface area contributed by atoms with Crippen LogP contribution in [0.4, 0.5) is 0 Å². The van der Waals surface area contributed by atoms with Gasteiger partial charge in [-0.3, -0.25) is 0 Å². The SMILES string of the molecule is C=CC1(CCC=C(C)C)COc2c1c(=O)oc1cccc(C)c21. The number of hydrogen-bond donors (Lipinski definition) is 0. The normalized spacial score (nSPS) is 19.3. The second kappa shape index (κ2) is 5.73. The van der Waals surface area contributed by atoms with Gasteiger partial charge in [0.15, 0.2) is 0 Å². The summed E-state index contributed by atoms with van der Waals surface area (Å²) in [5.74, 6) is 0.673. The van der Waals surface area contributed by atoms with E-state index in [1.54, 1.807) is 0 Å². The molecule has 120 valence electrons. The zero-order valence-corrected chi connectivity index (χ0v) is 13.9. The van der Waals surface area contributed by atoms with E-state index >= 15 is 0 Å². The van der Waals surface area contributed by atoms with E-state index in [-0.39, 0.29) is 5.63 Å². The van der Waals surface area contributed by atoms with Crippen molar-refractivity contribution >= 4 is 11.0 Å². The van der Waals surface area contributed by atoms with Gasteiger partial charge < -0.3 is 9.15 Å². The number of fused-ring (bicyclic) bond motifs is 3. The lowest BCUT2D eigenvalue weighted by Gasteiger charge is -2.22. The van der Waals surface area contributed by atoms with Crippen molar-refractivity contribution in [1.29, 1.82) is 0 Å². The molecule has 3 rings (SSSR count). The van der Waals surface area contributed by atoms with Crippen LogP contribution in [0.25, 0.3) is 11.0 Å². The first-order valence-corrected chi connectivity index (χ1v) is 7.95. The molecule has 1 unspecified atom stereocenters. The van der Waals surface area contributed by atoms with E-state index in [1.807, 2.05) is 31.2 Å². The van der Waals surface area contributed by atoms with Gasteiger partial charge in [-0.2, -0.15) is 0 Å². The van der Waals surface area contributed by atoms with Crippen molar-refractivity contribution < 1.29 is 9.15 Å². The first-order valence-electron chi connectivity index (χ1n) is 7.95. The Bertz CT molecular complexity index is 853. The van der Waals surface area contributed by atoms with Crippen molar-refractivity contribution in [3.8, 4) is 5.75 Å². The number of ether oxygens (including phenoxy) is 1. The lowest BCUT2D eigenvalue weighted by Crippen LogP contribution is -2.29. The van der Waals surface area contributed by atoms with Gasteiger partial charge in [0.25, 0.3) is 0 Å². The van der Waals surface area contributed by atoms with Crippen molar-refractivity contribution in [3.05, 3.63) is 64.1 Å². The number of hydrogen-bond acceptors (Lipinski definition) is 3. The quantitative estimate of drug-likeness (QED) is 0.609. The molecule has 0 aliphatic carbocycles. The third kappa shape index (κ3) is 2.50. The summed E-state index contributed by atoms with van der Waals surface area (Å²) in [6.07, 6.45) is 5.69. The largest absolute Gasteiger partial charge is 0.491 e. The molecule has 0 fully saturated rings. The summed E-state index contributed by atoms with van der Waals surface area (Å²) in [6.45, 7) is 10.6. The van der Waals surface area contributed by atoms with Gasteiger partial charge in [-0.05, 0) is 45.2 Å². The van der Waals surface area contributed by atoms with Crippen LogP contribution in [0.2, 0.25) is 0 Å². The van der Waals surface area contributed by atoms with Gasteiger partial charge in [0, 0.05) is 0 Å². The van der Waals surface area contributed by atoms with Crippen LogP contribution < -0.4 is 10.4 Å². The summed E-state index contributed by atoms with van der Waals surface area (Å²) in [6, 6.07) is 5.70. The van der Waals surface area contributed by atoms with Crippen molar-refractivity contribution in [2.24, 2.45) is 0 Å². The van der Waals surface area contributed by atoms with Crippen LogP contribution in [0.15, 0.2) is 51.7 Å². The lowest BCUT2D eigenvalue weighted by atomic mass is 9.78. The minimum Gasteiger partial charge on any atom is -0.491 e. The van der Waals surface area contributed by atoms with Crippen molar-refractivity contribution in [2.75, 3.05) is 6.61 Å². The molecule has 0 spiro atoms. The van der Waals surface area contributed by atoms with Gasteiger partial charge >= 0.3 is 5.63 Å². The number of allylic oxidation sites excluding steroid dienone is 2. The van der Waals surface area contributed by atoms with Gasteiger partial charge in [-0.15, -0.1) is 6.58 Å². The first-order chi connectivity index (χ1) is 11.0. The molecule has 1 aliphatic rings. The lowest BCUT2D eigenvalue weighted by molar-refractivity contribution is 0.290. The van der Waals surface area contributed by atoms with Crippen LogP contribution in [-0.2, 0) is 5.41 Å². The smallest absolute Gasteiger partial charge is 0.344 e. The van der Waals surface area contributed by atoms with Crippen molar-refractivity contribution in [1.82, 2.24) is 0 Å². The molecule has 0 bridgehead atoms.